The number of carbonyl (C=O) groups excluding carboxylic acids is 1. The van der Waals surface area contributed by atoms with Crippen LogP contribution in [0.1, 0.15) is 44.5 Å². The van der Waals surface area contributed by atoms with Crippen LogP contribution in [0.3, 0.4) is 0 Å². The van der Waals surface area contributed by atoms with Gasteiger partial charge in [-0.1, -0.05) is 26.0 Å². The van der Waals surface area contributed by atoms with Crippen molar-refractivity contribution in [3.63, 3.8) is 0 Å². The second-order valence-electron chi connectivity index (χ2n) is 6.39. The van der Waals surface area contributed by atoms with Crippen LogP contribution in [0.15, 0.2) is 24.3 Å². The molecule has 0 aliphatic carbocycles. The van der Waals surface area contributed by atoms with Crippen molar-refractivity contribution in [2.45, 2.75) is 40.2 Å². The molecule has 1 fully saturated rings. The highest BCUT2D eigenvalue weighted by atomic mass is 16.2. The number of hydrogen-bond donors (Lipinski definition) is 1. The second kappa shape index (κ2) is 6.29. The summed E-state index contributed by atoms with van der Waals surface area (Å²) >= 11 is 0. The van der Waals surface area contributed by atoms with Crippen LogP contribution in [0.5, 0.6) is 0 Å². The first-order valence-corrected chi connectivity index (χ1v) is 7.64. The van der Waals surface area contributed by atoms with Crippen molar-refractivity contribution in [2.24, 2.45) is 11.8 Å². The molecule has 0 aromatic heterocycles. The Morgan fingerprint density at radius 1 is 1.25 bits per heavy atom. The van der Waals surface area contributed by atoms with Crippen LogP contribution in [-0.4, -0.2) is 29.9 Å². The van der Waals surface area contributed by atoms with E-state index in [1.54, 1.807) is 0 Å². The number of hydrogen-bond acceptors (Lipinski definition) is 2. The van der Waals surface area contributed by atoms with E-state index < -0.39 is 0 Å². The largest absolute Gasteiger partial charge is 0.382 e. The molecule has 1 heterocycles. The summed E-state index contributed by atoms with van der Waals surface area (Å²) in [7, 11) is 0. The lowest BCUT2D eigenvalue weighted by Crippen LogP contribution is -2.30. The number of anilines is 1. The second-order valence-corrected chi connectivity index (χ2v) is 6.39. The van der Waals surface area contributed by atoms with Crippen LogP contribution >= 0.6 is 0 Å². The molecular weight excluding hydrogens is 248 g/mol. The molecule has 3 heteroatoms. The molecule has 1 atom stereocenters. The number of para-hydroxylation sites is 1. The van der Waals surface area contributed by atoms with Gasteiger partial charge in [-0.05, 0) is 44.2 Å². The lowest BCUT2D eigenvalue weighted by atomic mass is 9.95. The maximum absolute atomic E-state index is 12.7. The average Bonchev–Trinajstić information content (AvgIpc) is 2.87. The van der Waals surface area contributed by atoms with Crippen molar-refractivity contribution < 1.29 is 4.79 Å². The molecule has 0 saturated carbocycles. The third-order valence-corrected chi connectivity index (χ3v) is 4.06. The van der Waals surface area contributed by atoms with E-state index in [0.29, 0.717) is 17.9 Å². The molecule has 0 bridgehead atoms. The topological polar surface area (TPSA) is 32.3 Å². The Labute approximate surface area is 122 Å². The lowest BCUT2D eigenvalue weighted by molar-refractivity contribution is 0.0785. The average molecular weight is 274 g/mol. The van der Waals surface area contributed by atoms with Gasteiger partial charge in [-0.2, -0.15) is 0 Å². The first-order chi connectivity index (χ1) is 9.49. The molecule has 1 amide bonds. The summed E-state index contributed by atoms with van der Waals surface area (Å²) in [6, 6.07) is 8.15. The highest BCUT2D eigenvalue weighted by molar-refractivity contribution is 5.99. The third-order valence-electron chi connectivity index (χ3n) is 4.06. The summed E-state index contributed by atoms with van der Waals surface area (Å²) in [5.41, 5.74) is 1.74. The third kappa shape index (κ3) is 3.33. The maximum Gasteiger partial charge on any atom is 0.255 e. The molecule has 110 valence electrons. The molecule has 1 aromatic rings. The number of amides is 1. The van der Waals surface area contributed by atoms with Crippen LogP contribution in [0.4, 0.5) is 5.69 Å². The van der Waals surface area contributed by atoms with E-state index in [-0.39, 0.29) is 5.91 Å². The van der Waals surface area contributed by atoms with Gasteiger partial charge in [-0.25, -0.2) is 0 Å². The number of rotatable bonds is 4. The summed E-state index contributed by atoms with van der Waals surface area (Å²) < 4.78 is 0. The normalized spacial score (nSPS) is 18.9. The zero-order chi connectivity index (χ0) is 14.7. The monoisotopic (exact) mass is 274 g/mol. The standard InChI is InChI=1S/C17H26N2O/c1-12(2)14-9-10-19(11-14)17(20)15-7-5-6-8-16(15)18-13(3)4/h5-8,12-14,18H,9-11H2,1-4H3. The molecule has 1 aliphatic rings. The van der Waals surface area contributed by atoms with Gasteiger partial charge in [0, 0.05) is 24.8 Å². The number of likely N-dealkylation sites (tertiary alicyclic amines) is 1. The van der Waals surface area contributed by atoms with E-state index in [1.807, 2.05) is 29.2 Å². The van der Waals surface area contributed by atoms with Crippen molar-refractivity contribution in [1.29, 1.82) is 0 Å². The smallest absolute Gasteiger partial charge is 0.255 e. The van der Waals surface area contributed by atoms with Gasteiger partial charge in [0.25, 0.3) is 5.91 Å². The number of carbonyl (C=O) groups is 1. The van der Waals surface area contributed by atoms with E-state index in [4.69, 9.17) is 0 Å². The fraction of sp³-hybridized carbons (Fsp3) is 0.588. The number of nitrogens with one attached hydrogen (secondary N) is 1. The summed E-state index contributed by atoms with van der Waals surface area (Å²) in [5, 5.41) is 3.36. The first kappa shape index (κ1) is 14.9. The predicted octanol–water partition coefficient (Wildman–Crippen LogP) is 3.63. The van der Waals surface area contributed by atoms with Crippen molar-refractivity contribution in [3.05, 3.63) is 29.8 Å². The van der Waals surface area contributed by atoms with Crippen molar-refractivity contribution in [1.82, 2.24) is 4.90 Å². The van der Waals surface area contributed by atoms with Gasteiger partial charge in [0.15, 0.2) is 0 Å². The van der Waals surface area contributed by atoms with Crippen molar-refractivity contribution >= 4 is 11.6 Å². The maximum atomic E-state index is 12.7. The van der Waals surface area contributed by atoms with Crippen LogP contribution in [0.25, 0.3) is 0 Å². The molecule has 1 unspecified atom stereocenters. The van der Waals surface area contributed by atoms with Gasteiger partial charge in [0.1, 0.15) is 0 Å². The van der Waals surface area contributed by atoms with Crippen LogP contribution in [0, 0.1) is 11.8 Å². The van der Waals surface area contributed by atoms with Crippen LogP contribution in [-0.2, 0) is 0 Å². The fourth-order valence-corrected chi connectivity index (χ4v) is 2.79. The fourth-order valence-electron chi connectivity index (χ4n) is 2.79. The van der Waals surface area contributed by atoms with E-state index in [0.717, 1.165) is 30.8 Å². The van der Waals surface area contributed by atoms with E-state index in [1.165, 1.54) is 0 Å². The van der Waals surface area contributed by atoms with Crippen molar-refractivity contribution in [3.8, 4) is 0 Å². The Morgan fingerprint density at radius 3 is 2.55 bits per heavy atom. The highest BCUT2D eigenvalue weighted by Gasteiger charge is 2.29. The Balaban J connectivity index is 2.14. The van der Waals surface area contributed by atoms with Gasteiger partial charge >= 0.3 is 0 Å². The molecule has 2 rings (SSSR count). The van der Waals surface area contributed by atoms with E-state index >= 15 is 0 Å². The van der Waals surface area contributed by atoms with Gasteiger partial charge < -0.3 is 10.2 Å². The molecule has 1 saturated heterocycles. The number of benzene rings is 1. The van der Waals surface area contributed by atoms with Crippen molar-refractivity contribution in [2.75, 3.05) is 18.4 Å². The molecule has 1 N–H and O–H groups in total. The molecule has 20 heavy (non-hydrogen) atoms. The molecule has 3 nitrogen and oxygen atoms in total. The molecule has 0 spiro atoms. The summed E-state index contributed by atoms with van der Waals surface area (Å²) in [6.45, 7) is 10.4. The highest BCUT2D eigenvalue weighted by Crippen LogP contribution is 2.26. The summed E-state index contributed by atoms with van der Waals surface area (Å²) in [6.07, 6.45) is 1.13. The van der Waals surface area contributed by atoms with Gasteiger partial charge in [-0.3, -0.25) is 4.79 Å². The molecule has 0 radical (unpaired) electrons. The minimum absolute atomic E-state index is 0.164. The van der Waals surface area contributed by atoms with Gasteiger partial charge in [0.2, 0.25) is 0 Å². The van der Waals surface area contributed by atoms with Crippen LogP contribution in [0.2, 0.25) is 0 Å². The Hall–Kier alpha value is -1.51. The zero-order valence-corrected chi connectivity index (χ0v) is 13.0. The Bertz CT molecular complexity index is 468. The summed E-state index contributed by atoms with van der Waals surface area (Å²) in [4.78, 5) is 14.7. The van der Waals surface area contributed by atoms with E-state index in [9.17, 15) is 4.79 Å². The predicted molar refractivity (Wildman–Crippen MR) is 84.0 cm³/mol. The van der Waals surface area contributed by atoms with E-state index in [2.05, 4.69) is 33.0 Å². The Morgan fingerprint density at radius 2 is 1.95 bits per heavy atom. The Kier molecular flexibility index (Phi) is 4.69. The number of nitrogens with zero attached hydrogens (tertiary/aromatic N) is 1. The lowest BCUT2D eigenvalue weighted by Gasteiger charge is -2.21. The zero-order valence-electron chi connectivity index (χ0n) is 13.0. The molecule has 1 aliphatic heterocycles. The quantitative estimate of drug-likeness (QED) is 0.909. The summed E-state index contributed by atoms with van der Waals surface area (Å²) in [5.74, 6) is 1.46. The van der Waals surface area contributed by atoms with Gasteiger partial charge in [0.05, 0.1) is 5.56 Å². The molecule has 1 aromatic carbocycles. The first-order valence-electron chi connectivity index (χ1n) is 7.64. The van der Waals surface area contributed by atoms with Crippen LogP contribution < -0.4 is 5.32 Å². The molecular formula is C17H26N2O. The minimum atomic E-state index is 0.164. The van der Waals surface area contributed by atoms with Gasteiger partial charge in [-0.15, -0.1) is 0 Å². The minimum Gasteiger partial charge on any atom is -0.382 e. The SMILES string of the molecule is CC(C)Nc1ccccc1C(=O)N1CCC(C(C)C)C1.